The van der Waals surface area contributed by atoms with Crippen LogP contribution in [-0.4, -0.2) is 21.9 Å². The molecule has 2 aromatic heterocycles. The predicted octanol–water partition coefficient (Wildman–Crippen LogP) is 4.48. The van der Waals surface area contributed by atoms with Gasteiger partial charge in [0.25, 0.3) is 5.91 Å². The third kappa shape index (κ3) is 2.38. The molecule has 1 aliphatic rings. The van der Waals surface area contributed by atoms with E-state index in [0.29, 0.717) is 6.54 Å². The maximum absolute atomic E-state index is 13.1. The van der Waals surface area contributed by atoms with Crippen molar-refractivity contribution in [2.75, 3.05) is 6.54 Å². The quantitative estimate of drug-likeness (QED) is 0.682. The van der Waals surface area contributed by atoms with Crippen LogP contribution in [0, 0.1) is 0 Å². The number of hydrogen-bond donors (Lipinski definition) is 0. The van der Waals surface area contributed by atoms with Crippen LogP contribution in [-0.2, 0) is 13.0 Å². The normalized spacial score (nSPS) is 14.5. The first-order chi connectivity index (χ1) is 11.1. The monoisotopic (exact) mass is 324 g/mol. The molecule has 0 atom stereocenters. The van der Waals surface area contributed by atoms with Crippen LogP contribution in [0.2, 0.25) is 0 Å². The lowest BCUT2D eigenvalue weighted by molar-refractivity contribution is 0.0722. The van der Waals surface area contributed by atoms with Gasteiger partial charge in [-0.3, -0.25) is 4.79 Å². The first kappa shape index (κ1) is 14.5. The van der Waals surface area contributed by atoms with E-state index in [2.05, 4.69) is 60.2 Å². The lowest BCUT2D eigenvalue weighted by atomic mass is 10.00. The molecule has 3 nitrogen and oxygen atoms in total. The van der Waals surface area contributed by atoms with E-state index in [4.69, 9.17) is 0 Å². The summed E-state index contributed by atoms with van der Waals surface area (Å²) < 4.78 is 3.37. The molecule has 0 spiro atoms. The van der Waals surface area contributed by atoms with Crippen LogP contribution < -0.4 is 0 Å². The molecule has 4 rings (SSSR count). The topological polar surface area (TPSA) is 25.2 Å². The number of carbonyl (C=O) groups is 1. The third-order valence-electron chi connectivity index (χ3n) is 4.61. The van der Waals surface area contributed by atoms with Crippen molar-refractivity contribution in [2.24, 2.45) is 0 Å². The molecule has 0 unspecified atom stereocenters. The summed E-state index contributed by atoms with van der Waals surface area (Å²) in [7, 11) is 0. The smallest absolute Gasteiger partial charge is 0.270 e. The summed E-state index contributed by atoms with van der Waals surface area (Å²) in [6.45, 7) is 5.79. The highest BCUT2D eigenvalue weighted by Crippen LogP contribution is 2.30. The second-order valence-corrected chi connectivity index (χ2v) is 7.36. The number of fused-ring (bicyclic) bond motifs is 2. The van der Waals surface area contributed by atoms with E-state index < -0.39 is 0 Å². The molecule has 0 aliphatic carbocycles. The predicted molar refractivity (Wildman–Crippen MR) is 95.1 cm³/mol. The zero-order chi connectivity index (χ0) is 16.0. The van der Waals surface area contributed by atoms with Gasteiger partial charge in [0.2, 0.25) is 0 Å². The minimum absolute atomic E-state index is 0.150. The van der Waals surface area contributed by atoms with E-state index >= 15 is 0 Å². The van der Waals surface area contributed by atoms with Crippen LogP contribution in [0.3, 0.4) is 0 Å². The Bertz CT molecular complexity index is 875. The van der Waals surface area contributed by atoms with E-state index in [0.717, 1.165) is 18.7 Å². The van der Waals surface area contributed by atoms with Crippen molar-refractivity contribution in [2.45, 2.75) is 32.9 Å². The van der Waals surface area contributed by atoms with Gasteiger partial charge in [0.1, 0.15) is 5.69 Å². The molecule has 1 amide bonds. The first-order valence-corrected chi connectivity index (χ1v) is 8.97. The largest absolute Gasteiger partial charge is 0.333 e. The summed E-state index contributed by atoms with van der Waals surface area (Å²) in [5.41, 5.74) is 4.64. The SMILES string of the molecule is CC(C)n1c(C(=O)N2CCc3ccccc3C2)cc2sccc21. The number of amides is 1. The van der Waals surface area contributed by atoms with Crippen molar-refractivity contribution in [1.82, 2.24) is 9.47 Å². The number of thiophene rings is 1. The van der Waals surface area contributed by atoms with Gasteiger partial charge in [-0.05, 0) is 48.9 Å². The Labute approximate surface area is 140 Å². The average molecular weight is 324 g/mol. The zero-order valence-corrected chi connectivity index (χ0v) is 14.3. The van der Waals surface area contributed by atoms with Gasteiger partial charge in [0.15, 0.2) is 0 Å². The summed E-state index contributed by atoms with van der Waals surface area (Å²) in [4.78, 5) is 15.1. The Kier molecular flexibility index (Phi) is 3.49. The van der Waals surface area contributed by atoms with Gasteiger partial charge in [0.05, 0.1) is 10.2 Å². The summed E-state index contributed by atoms with van der Waals surface area (Å²) in [5.74, 6) is 0.150. The van der Waals surface area contributed by atoms with Gasteiger partial charge in [-0.15, -0.1) is 11.3 Å². The Balaban J connectivity index is 1.70. The van der Waals surface area contributed by atoms with Crippen molar-refractivity contribution in [3.63, 3.8) is 0 Å². The second-order valence-electron chi connectivity index (χ2n) is 6.41. The molecule has 0 fully saturated rings. The van der Waals surface area contributed by atoms with Gasteiger partial charge < -0.3 is 9.47 Å². The standard InChI is InChI=1S/C19H20N2OS/c1-13(2)21-16-8-10-23-18(16)11-17(21)19(22)20-9-7-14-5-3-4-6-15(14)12-20/h3-6,8,10-11,13H,7,9,12H2,1-2H3. The molecule has 1 aliphatic heterocycles. The lowest BCUT2D eigenvalue weighted by Crippen LogP contribution is -2.37. The fourth-order valence-corrected chi connectivity index (χ4v) is 4.31. The average Bonchev–Trinajstić information content (AvgIpc) is 3.13. The lowest BCUT2D eigenvalue weighted by Gasteiger charge is -2.29. The van der Waals surface area contributed by atoms with Crippen molar-refractivity contribution in [3.05, 3.63) is 58.6 Å². The molecular formula is C19H20N2OS. The Hall–Kier alpha value is -2.07. The van der Waals surface area contributed by atoms with Crippen LogP contribution in [0.4, 0.5) is 0 Å². The maximum Gasteiger partial charge on any atom is 0.270 e. The van der Waals surface area contributed by atoms with Crippen molar-refractivity contribution in [1.29, 1.82) is 0 Å². The third-order valence-corrected chi connectivity index (χ3v) is 5.47. The van der Waals surface area contributed by atoms with E-state index in [1.807, 2.05) is 4.90 Å². The van der Waals surface area contributed by atoms with E-state index in [1.165, 1.54) is 21.3 Å². The summed E-state index contributed by atoms with van der Waals surface area (Å²) in [6.07, 6.45) is 0.943. The van der Waals surface area contributed by atoms with Gasteiger partial charge in [-0.25, -0.2) is 0 Å². The number of nitrogens with zero attached hydrogens (tertiary/aromatic N) is 2. The first-order valence-electron chi connectivity index (χ1n) is 8.09. The number of aromatic nitrogens is 1. The molecule has 0 saturated heterocycles. The van der Waals surface area contributed by atoms with Crippen LogP contribution >= 0.6 is 11.3 Å². The molecule has 118 valence electrons. The Morgan fingerprint density at radius 2 is 1.96 bits per heavy atom. The minimum atomic E-state index is 0.150. The van der Waals surface area contributed by atoms with Crippen molar-refractivity contribution in [3.8, 4) is 0 Å². The molecule has 0 saturated carbocycles. The minimum Gasteiger partial charge on any atom is -0.333 e. The van der Waals surface area contributed by atoms with Crippen LogP contribution in [0.5, 0.6) is 0 Å². The van der Waals surface area contributed by atoms with Gasteiger partial charge in [-0.1, -0.05) is 24.3 Å². The molecule has 1 aromatic carbocycles. The molecule has 3 aromatic rings. The van der Waals surface area contributed by atoms with Gasteiger partial charge in [-0.2, -0.15) is 0 Å². The highest BCUT2D eigenvalue weighted by molar-refractivity contribution is 7.17. The number of hydrogen-bond acceptors (Lipinski definition) is 2. The fraction of sp³-hybridized carbons (Fsp3) is 0.316. The zero-order valence-electron chi connectivity index (χ0n) is 13.5. The van der Waals surface area contributed by atoms with Crippen LogP contribution in [0.15, 0.2) is 41.8 Å². The molecule has 0 N–H and O–H groups in total. The van der Waals surface area contributed by atoms with E-state index in [-0.39, 0.29) is 11.9 Å². The molecule has 4 heteroatoms. The molecule has 23 heavy (non-hydrogen) atoms. The number of carbonyl (C=O) groups excluding carboxylic acids is 1. The Morgan fingerprint density at radius 1 is 1.17 bits per heavy atom. The molecule has 3 heterocycles. The van der Waals surface area contributed by atoms with Crippen LogP contribution in [0.1, 0.15) is 41.5 Å². The molecular weight excluding hydrogens is 304 g/mol. The highest BCUT2D eigenvalue weighted by atomic mass is 32.1. The molecule has 0 bridgehead atoms. The number of benzene rings is 1. The summed E-state index contributed by atoms with van der Waals surface area (Å²) in [6, 6.07) is 12.9. The number of rotatable bonds is 2. The van der Waals surface area contributed by atoms with E-state index in [9.17, 15) is 4.79 Å². The fourth-order valence-electron chi connectivity index (χ4n) is 3.50. The summed E-state index contributed by atoms with van der Waals surface area (Å²) in [5, 5.41) is 2.09. The van der Waals surface area contributed by atoms with E-state index in [1.54, 1.807) is 11.3 Å². The van der Waals surface area contributed by atoms with Gasteiger partial charge in [0, 0.05) is 19.1 Å². The summed E-state index contributed by atoms with van der Waals surface area (Å²) >= 11 is 1.70. The van der Waals surface area contributed by atoms with Crippen molar-refractivity contribution >= 4 is 27.5 Å². The Morgan fingerprint density at radius 3 is 2.74 bits per heavy atom. The van der Waals surface area contributed by atoms with Crippen LogP contribution in [0.25, 0.3) is 10.2 Å². The molecule has 0 radical (unpaired) electrons. The van der Waals surface area contributed by atoms with Gasteiger partial charge >= 0.3 is 0 Å². The maximum atomic E-state index is 13.1. The van der Waals surface area contributed by atoms with Crippen molar-refractivity contribution < 1.29 is 4.79 Å². The highest BCUT2D eigenvalue weighted by Gasteiger charge is 2.25. The second kappa shape index (κ2) is 5.53.